The Kier molecular flexibility index (Phi) is 3.81. The first-order valence-corrected chi connectivity index (χ1v) is 9.02. The first kappa shape index (κ1) is 15.3. The Morgan fingerprint density at radius 3 is 2.65 bits per heavy atom. The number of aromatic nitrogens is 2. The zero-order valence-electron chi connectivity index (χ0n) is 14.2. The van der Waals surface area contributed by atoms with E-state index in [0.717, 1.165) is 56.3 Å². The maximum atomic E-state index is 10.3. The van der Waals surface area contributed by atoms with Crippen LogP contribution in [0.1, 0.15) is 56.5 Å². The Morgan fingerprint density at radius 1 is 1.30 bits per heavy atom. The lowest BCUT2D eigenvalue weighted by Crippen LogP contribution is -2.62. The van der Waals surface area contributed by atoms with Crippen molar-refractivity contribution >= 4 is 5.82 Å². The molecule has 23 heavy (non-hydrogen) atoms. The van der Waals surface area contributed by atoms with E-state index in [9.17, 15) is 5.11 Å². The number of hydrogen-bond acceptors (Lipinski definition) is 5. The highest BCUT2D eigenvalue weighted by molar-refractivity contribution is 5.41. The van der Waals surface area contributed by atoms with Gasteiger partial charge in [-0.25, -0.2) is 9.97 Å². The minimum Gasteiger partial charge on any atom is -0.392 e. The number of ether oxygens (including phenoxy) is 1. The lowest BCUT2D eigenvalue weighted by Gasteiger charge is -2.56. The van der Waals surface area contributed by atoms with Crippen LogP contribution in [0.15, 0.2) is 6.07 Å². The molecule has 1 aromatic rings. The summed E-state index contributed by atoms with van der Waals surface area (Å²) in [6.45, 7) is 6.72. The Hall–Kier alpha value is -1.20. The lowest BCUT2D eigenvalue weighted by molar-refractivity contribution is -0.199. The topological polar surface area (TPSA) is 58.5 Å². The number of piperidine rings is 1. The van der Waals surface area contributed by atoms with E-state index in [0.29, 0.717) is 5.92 Å². The van der Waals surface area contributed by atoms with Gasteiger partial charge < -0.3 is 14.7 Å². The number of aliphatic hydroxyl groups excluding tert-OH is 1. The molecule has 4 rings (SSSR count). The largest absolute Gasteiger partial charge is 0.392 e. The molecule has 1 aliphatic heterocycles. The van der Waals surface area contributed by atoms with Crippen LogP contribution in [0.2, 0.25) is 0 Å². The van der Waals surface area contributed by atoms with Crippen molar-refractivity contribution in [3.05, 3.63) is 17.6 Å². The molecule has 5 heteroatoms. The lowest BCUT2D eigenvalue weighted by atomic mass is 9.58. The summed E-state index contributed by atoms with van der Waals surface area (Å²) in [5.74, 6) is 2.67. The van der Waals surface area contributed by atoms with Gasteiger partial charge in [0.05, 0.1) is 12.2 Å². The van der Waals surface area contributed by atoms with Gasteiger partial charge in [-0.3, -0.25) is 0 Å². The van der Waals surface area contributed by atoms with E-state index in [-0.39, 0.29) is 17.6 Å². The van der Waals surface area contributed by atoms with Crippen LogP contribution in [0, 0.1) is 12.3 Å². The predicted octanol–water partition coefficient (Wildman–Crippen LogP) is 2.42. The molecule has 126 valence electrons. The fourth-order valence-corrected chi connectivity index (χ4v) is 4.23. The molecular formula is C18H27N3O2. The second kappa shape index (κ2) is 5.71. The number of anilines is 1. The molecule has 3 aliphatic rings. The van der Waals surface area contributed by atoms with Crippen molar-refractivity contribution in [1.29, 1.82) is 0 Å². The van der Waals surface area contributed by atoms with E-state index in [4.69, 9.17) is 9.72 Å². The molecule has 1 saturated heterocycles. The molecule has 2 atom stereocenters. The zero-order valence-corrected chi connectivity index (χ0v) is 14.2. The molecule has 2 aliphatic carbocycles. The summed E-state index contributed by atoms with van der Waals surface area (Å²) in [4.78, 5) is 11.8. The van der Waals surface area contributed by atoms with Gasteiger partial charge in [-0.2, -0.15) is 0 Å². The molecule has 0 aromatic carbocycles. The van der Waals surface area contributed by atoms with Crippen LogP contribution in [0.4, 0.5) is 5.82 Å². The summed E-state index contributed by atoms with van der Waals surface area (Å²) in [5, 5.41) is 10.3. The van der Waals surface area contributed by atoms with Gasteiger partial charge in [0.2, 0.25) is 0 Å². The molecule has 1 aromatic heterocycles. The van der Waals surface area contributed by atoms with Crippen LogP contribution in [-0.2, 0) is 4.74 Å². The third-order valence-corrected chi connectivity index (χ3v) is 5.93. The van der Waals surface area contributed by atoms with E-state index < -0.39 is 0 Å². The first-order valence-electron chi connectivity index (χ1n) is 9.02. The third-order valence-electron chi connectivity index (χ3n) is 5.93. The minimum atomic E-state index is -0.199. The van der Waals surface area contributed by atoms with Crippen LogP contribution in [0.3, 0.4) is 0 Å². The van der Waals surface area contributed by atoms with Crippen LogP contribution in [0.25, 0.3) is 0 Å². The van der Waals surface area contributed by atoms with Crippen molar-refractivity contribution in [3.8, 4) is 0 Å². The average molecular weight is 317 g/mol. The number of rotatable bonds is 4. The molecule has 0 bridgehead atoms. The van der Waals surface area contributed by atoms with Gasteiger partial charge in [0, 0.05) is 49.2 Å². The number of aryl methyl sites for hydroxylation is 1. The number of aliphatic hydroxyl groups is 1. The van der Waals surface area contributed by atoms with Crippen molar-refractivity contribution in [3.63, 3.8) is 0 Å². The van der Waals surface area contributed by atoms with Gasteiger partial charge in [-0.05, 0) is 39.5 Å². The van der Waals surface area contributed by atoms with Crippen LogP contribution in [0.5, 0.6) is 0 Å². The summed E-state index contributed by atoms with van der Waals surface area (Å²) >= 11 is 0. The van der Waals surface area contributed by atoms with E-state index in [1.807, 2.05) is 6.92 Å². The van der Waals surface area contributed by atoms with Gasteiger partial charge in [0.25, 0.3) is 0 Å². The predicted molar refractivity (Wildman–Crippen MR) is 88.7 cm³/mol. The molecule has 3 fully saturated rings. The van der Waals surface area contributed by atoms with Gasteiger partial charge >= 0.3 is 0 Å². The molecular weight excluding hydrogens is 290 g/mol. The molecule has 2 heterocycles. The third kappa shape index (κ3) is 2.64. The van der Waals surface area contributed by atoms with E-state index >= 15 is 0 Å². The maximum Gasteiger partial charge on any atom is 0.134 e. The second-order valence-corrected chi connectivity index (χ2v) is 7.42. The maximum absolute atomic E-state index is 10.3. The monoisotopic (exact) mass is 317 g/mol. The van der Waals surface area contributed by atoms with Crippen molar-refractivity contribution in [2.24, 2.45) is 5.41 Å². The molecule has 1 N–H and O–H groups in total. The zero-order chi connectivity index (χ0) is 16.0. The molecule has 0 amide bonds. The summed E-state index contributed by atoms with van der Waals surface area (Å²) in [7, 11) is 0. The fraction of sp³-hybridized carbons (Fsp3) is 0.778. The van der Waals surface area contributed by atoms with E-state index in [2.05, 4.69) is 22.9 Å². The molecule has 0 unspecified atom stereocenters. The standard InChI is InChI=1S/C18H27N3O2/c1-3-23-15-11-14(22)18(15)6-8-21(9-7-18)16-10-12(2)19-17(20-16)13-4-5-13/h10,13-15,22H,3-9,11H2,1-2H3/t14-,15-/m0/s1. The van der Waals surface area contributed by atoms with Crippen molar-refractivity contribution in [2.45, 2.75) is 64.1 Å². The summed E-state index contributed by atoms with van der Waals surface area (Å²) in [6.07, 6.45) is 5.27. The average Bonchev–Trinajstić information content (AvgIpc) is 3.39. The normalized spacial score (nSPS) is 29.6. The molecule has 1 spiro atoms. The highest BCUT2D eigenvalue weighted by atomic mass is 16.5. The molecule has 0 radical (unpaired) electrons. The summed E-state index contributed by atoms with van der Waals surface area (Å²) < 4.78 is 5.86. The van der Waals surface area contributed by atoms with Crippen molar-refractivity contribution < 1.29 is 9.84 Å². The first-order chi connectivity index (χ1) is 11.1. The quantitative estimate of drug-likeness (QED) is 0.924. The van der Waals surface area contributed by atoms with Crippen LogP contribution >= 0.6 is 0 Å². The summed E-state index contributed by atoms with van der Waals surface area (Å²) in [6, 6.07) is 2.10. The minimum absolute atomic E-state index is 0.0199. The van der Waals surface area contributed by atoms with Gasteiger partial charge in [-0.1, -0.05) is 0 Å². The van der Waals surface area contributed by atoms with E-state index in [1.165, 1.54) is 12.8 Å². The van der Waals surface area contributed by atoms with Crippen molar-refractivity contribution in [2.75, 3.05) is 24.6 Å². The Bertz CT molecular complexity index is 578. The molecule has 5 nitrogen and oxygen atoms in total. The Labute approximate surface area is 138 Å². The Balaban J connectivity index is 1.47. The van der Waals surface area contributed by atoms with Crippen molar-refractivity contribution in [1.82, 2.24) is 9.97 Å². The van der Waals surface area contributed by atoms with Crippen LogP contribution in [-0.4, -0.2) is 47.0 Å². The molecule has 2 saturated carbocycles. The Morgan fingerprint density at radius 2 is 2.04 bits per heavy atom. The number of nitrogens with zero attached hydrogens (tertiary/aromatic N) is 3. The highest BCUT2D eigenvalue weighted by Crippen LogP contribution is 2.51. The van der Waals surface area contributed by atoms with Gasteiger partial charge in [-0.15, -0.1) is 0 Å². The van der Waals surface area contributed by atoms with Gasteiger partial charge in [0.15, 0.2) is 0 Å². The second-order valence-electron chi connectivity index (χ2n) is 7.42. The van der Waals surface area contributed by atoms with Crippen LogP contribution < -0.4 is 4.90 Å². The number of hydrogen-bond donors (Lipinski definition) is 1. The SMILES string of the molecule is CCO[C@H]1C[C@H](O)C12CCN(c1cc(C)nc(C3CC3)n1)CC2. The van der Waals surface area contributed by atoms with E-state index in [1.54, 1.807) is 0 Å². The smallest absolute Gasteiger partial charge is 0.134 e. The fourth-order valence-electron chi connectivity index (χ4n) is 4.23. The summed E-state index contributed by atoms with van der Waals surface area (Å²) in [5.41, 5.74) is 1.04. The highest BCUT2D eigenvalue weighted by Gasteiger charge is 2.56. The van der Waals surface area contributed by atoms with Gasteiger partial charge in [0.1, 0.15) is 11.6 Å².